The Morgan fingerprint density at radius 3 is 2.72 bits per heavy atom. The molecule has 0 saturated heterocycles. The van der Waals surface area contributed by atoms with E-state index in [4.69, 9.17) is 4.74 Å². The van der Waals surface area contributed by atoms with Crippen LogP contribution in [-0.4, -0.2) is 37.2 Å². The lowest BCUT2D eigenvalue weighted by atomic mass is 10.1. The number of pyridine rings is 1. The molecule has 10 nitrogen and oxygen atoms in total. The third-order valence-electron chi connectivity index (χ3n) is 4.70. The molecule has 29 heavy (non-hydrogen) atoms. The molecule has 1 N–H and O–H groups in total. The lowest BCUT2D eigenvalue weighted by Gasteiger charge is -2.25. The predicted molar refractivity (Wildman–Crippen MR) is 102 cm³/mol. The lowest BCUT2D eigenvalue weighted by Crippen LogP contribution is -2.37. The second-order valence-electron chi connectivity index (χ2n) is 6.55. The molecule has 0 unspecified atom stereocenters. The van der Waals surface area contributed by atoms with E-state index < -0.39 is 11.0 Å². The molecule has 0 aliphatic carbocycles. The molecule has 0 saturated carbocycles. The normalized spacial score (nSPS) is 13.0. The van der Waals surface area contributed by atoms with Crippen LogP contribution in [0.1, 0.15) is 16.8 Å². The molecule has 0 bridgehead atoms. The van der Waals surface area contributed by atoms with Crippen LogP contribution in [0.3, 0.4) is 0 Å². The van der Waals surface area contributed by atoms with Crippen LogP contribution in [-0.2, 0) is 24.3 Å². The van der Waals surface area contributed by atoms with Crippen LogP contribution in [0.15, 0.2) is 53.5 Å². The number of hydrogen-bond acceptors (Lipinski definition) is 6. The molecule has 3 heterocycles. The van der Waals surface area contributed by atoms with Crippen LogP contribution >= 0.6 is 0 Å². The number of carbonyl (C=O) groups excluding carboxylic acids is 1. The first-order valence-corrected chi connectivity index (χ1v) is 8.92. The van der Waals surface area contributed by atoms with E-state index in [9.17, 15) is 19.7 Å². The Bertz CT molecular complexity index is 1100. The number of fused-ring (bicyclic) bond motifs is 1. The number of nitrogens with one attached hydrogen (secondary N) is 1. The van der Waals surface area contributed by atoms with E-state index in [0.717, 1.165) is 0 Å². The highest BCUT2D eigenvalue weighted by molar-refractivity contribution is 5.68. The van der Waals surface area contributed by atoms with Crippen LogP contribution in [0.25, 0.3) is 5.82 Å². The van der Waals surface area contributed by atoms with E-state index in [1.165, 1.54) is 21.7 Å². The molecule has 1 amide bonds. The minimum absolute atomic E-state index is 0.00561. The number of carbonyl (C=O) groups is 1. The van der Waals surface area contributed by atoms with Crippen molar-refractivity contribution in [3.05, 3.63) is 86.0 Å². The van der Waals surface area contributed by atoms with E-state index in [1.807, 2.05) is 0 Å². The number of amides is 1. The minimum Gasteiger partial charge on any atom is -0.445 e. The van der Waals surface area contributed by atoms with Gasteiger partial charge in [0.1, 0.15) is 6.61 Å². The second kappa shape index (κ2) is 7.58. The molecule has 0 spiro atoms. The molecule has 1 aromatic carbocycles. The Morgan fingerprint density at radius 1 is 1.24 bits per heavy atom. The van der Waals surface area contributed by atoms with Gasteiger partial charge in [-0.15, -0.1) is 0 Å². The van der Waals surface area contributed by atoms with Gasteiger partial charge in [-0.05, 0) is 36.2 Å². The van der Waals surface area contributed by atoms with Crippen molar-refractivity contribution in [2.45, 2.75) is 19.6 Å². The summed E-state index contributed by atoms with van der Waals surface area (Å²) in [7, 11) is 0. The topological polar surface area (TPSA) is 123 Å². The van der Waals surface area contributed by atoms with Crippen LogP contribution in [0.2, 0.25) is 0 Å². The minimum atomic E-state index is -0.513. The zero-order valence-corrected chi connectivity index (χ0v) is 15.3. The van der Waals surface area contributed by atoms with Crippen LogP contribution in [0.5, 0.6) is 0 Å². The maximum absolute atomic E-state index is 12.6. The van der Waals surface area contributed by atoms with Crippen molar-refractivity contribution in [1.29, 1.82) is 0 Å². The molecule has 0 radical (unpaired) electrons. The summed E-state index contributed by atoms with van der Waals surface area (Å²) in [6.45, 7) is 0.594. The summed E-state index contributed by atoms with van der Waals surface area (Å²) in [4.78, 5) is 40.9. The fraction of sp³-hybridized carbons (Fsp3) is 0.211. The van der Waals surface area contributed by atoms with Gasteiger partial charge in [0, 0.05) is 30.4 Å². The number of nitro benzene ring substituents is 1. The number of nitro groups is 1. The molecule has 4 rings (SSSR count). The number of hydrogen-bond donors (Lipinski definition) is 1. The van der Waals surface area contributed by atoms with Gasteiger partial charge in [-0.3, -0.25) is 20.0 Å². The molecular formula is C19H17N5O5. The Balaban J connectivity index is 1.42. The first-order valence-electron chi connectivity index (χ1n) is 8.92. The summed E-state index contributed by atoms with van der Waals surface area (Å²) in [6.07, 6.45) is 1.50. The molecular weight excluding hydrogens is 378 g/mol. The zero-order chi connectivity index (χ0) is 20.4. The Kier molecular flexibility index (Phi) is 4.82. The maximum atomic E-state index is 12.6. The zero-order valence-electron chi connectivity index (χ0n) is 15.3. The Morgan fingerprint density at radius 2 is 2.03 bits per heavy atom. The number of non-ortho nitro benzene ring substituents is 1. The van der Waals surface area contributed by atoms with Gasteiger partial charge in [0.05, 0.1) is 17.2 Å². The van der Waals surface area contributed by atoms with Gasteiger partial charge in [0.15, 0.2) is 5.82 Å². The van der Waals surface area contributed by atoms with Gasteiger partial charge < -0.3 is 9.64 Å². The van der Waals surface area contributed by atoms with Crippen molar-refractivity contribution in [1.82, 2.24) is 19.7 Å². The highest BCUT2D eigenvalue weighted by Crippen LogP contribution is 2.17. The lowest BCUT2D eigenvalue weighted by molar-refractivity contribution is -0.384. The molecule has 1 aliphatic heterocycles. The van der Waals surface area contributed by atoms with Crippen molar-refractivity contribution in [2.24, 2.45) is 0 Å². The third-order valence-corrected chi connectivity index (χ3v) is 4.70. The van der Waals surface area contributed by atoms with Crippen molar-refractivity contribution in [2.75, 3.05) is 6.54 Å². The van der Waals surface area contributed by atoms with Crippen molar-refractivity contribution >= 4 is 11.8 Å². The van der Waals surface area contributed by atoms with Gasteiger partial charge in [0.2, 0.25) is 0 Å². The summed E-state index contributed by atoms with van der Waals surface area (Å²) in [5.41, 5.74) is 1.74. The highest BCUT2D eigenvalue weighted by Gasteiger charge is 2.27. The van der Waals surface area contributed by atoms with E-state index in [1.54, 1.807) is 36.5 Å². The van der Waals surface area contributed by atoms with Crippen LogP contribution in [0.4, 0.5) is 10.5 Å². The molecule has 1 aliphatic rings. The van der Waals surface area contributed by atoms with E-state index in [0.29, 0.717) is 35.6 Å². The van der Waals surface area contributed by atoms with Gasteiger partial charge in [-0.25, -0.2) is 14.5 Å². The van der Waals surface area contributed by atoms with Crippen LogP contribution in [0, 0.1) is 10.1 Å². The summed E-state index contributed by atoms with van der Waals surface area (Å²) in [5.74, 6) is 0.485. The number of H-pyrrole nitrogens is 1. The number of aromatic nitrogens is 3. The first-order chi connectivity index (χ1) is 14.0. The largest absolute Gasteiger partial charge is 0.445 e. The molecule has 0 atom stereocenters. The van der Waals surface area contributed by atoms with Gasteiger partial charge in [-0.1, -0.05) is 6.07 Å². The molecule has 10 heteroatoms. The molecule has 3 aromatic rings. The van der Waals surface area contributed by atoms with Crippen molar-refractivity contribution < 1.29 is 14.5 Å². The van der Waals surface area contributed by atoms with Crippen LogP contribution < -0.4 is 5.56 Å². The average Bonchev–Trinajstić information content (AvgIpc) is 3.09. The fourth-order valence-electron chi connectivity index (χ4n) is 3.18. The first kappa shape index (κ1) is 18.4. The Hall–Kier alpha value is -3.95. The highest BCUT2D eigenvalue weighted by atomic mass is 16.6. The number of benzene rings is 1. The van der Waals surface area contributed by atoms with Crippen molar-refractivity contribution in [3.63, 3.8) is 0 Å². The van der Waals surface area contributed by atoms with Gasteiger partial charge >= 0.3 is 6.09 Å². The predicted octanol–water partition coefficient (Wildman–Crippen LogP) is 2.16. The number of aromatic amines is 1. The smallest absolute Gasteiger partial charge is 0.410 e. The number of ether oxygens (including phenoxy) is 1. The van der Waals surface area contributed by atoms with E-state index >= 15 is 0 Å². The monoisotopic (exact) mass is 395 g/mol. The SMILES string of the molecule is O=C(OCc1ccc([N+](=O)[O-])cc1)N1CCc2c([nH]n(-c3ccccn3)c2=O)C1. The second-order valence-corrected chi connectivity index (χ2v) is 6.55. The standard InChI is InChI=1S/C19H17N5O5/c25-18-15-8-10-22(11-16(15)21-23(18)17-3-1-2-9-20-17)19(26)29-12-13-4-6-14(7-5-13)24(27)28/h1-7,9,21H,8,10-12H2. The molecule has 148 valence electrons. The van der Waals surface area contributed by atoms with Gasteiger partial charge in [0.25, 0.3) is 11.2 Å². The average molecular weight is 395 g/mol. The number of nitrogens with zero attached hydrogens (tertiary/aromatic N) is 4. The quantitative estimate of drug-likeness (QED) is 0.533. The fourth-order valence-corrected chi connectivity index (χ4v) is 3.18. The maximum Gasteiger partial charge on any atom is 0.410 e. The Labute approximate surface area is 164 Å². The summed E-state index contributed by atoms with van der Waals surface area (Å²) in [6, 6.07) is 11.1. The van der Waals surface area contributed by atoms with Crippen molar-refractivity contribution in [3.8, 4) is 5.82 Å². The van der Waals surface area contributed by atoms with E-state index in [-0.39, 0.29) is 24.4 Å². The summed E-state index contributed by atoms with van der Waals surface area (Å²) in [5, 5.41) is 13.7. The van der Waals surface area contributed by atoms with E-state index in [2.05, 4.69) is 10.1 Å². The summed E-state index contributed by atoms with van der Waals surface area (Å²) >= 11 is 0. The van der Waals surface area contributed by atoms with Gasteiger partial charge in [-0.2, -0.15) is 0 Å². The summed E-state index contributed by atoms with van der Waals surface area (Å²) < 4.78 is 6.68. The molecule has 0 fully saturated rings. The number of rotatable bonds is 4. The third kappa shape index (κ3) is 3.72. The molecule has 2 aromatic heterocycles.